The molecule has 0 unspecified atom stereocenters. The maximum absolute atomic E-state index is 14.0. The standard InChI is InChI=1S/C22H27Cl2FN2O2/c1-2-28-21-10-16(13-27-12-15-6-8-26-9-7-15)19(24)11-22(21)29-14-17-18(23)4-3-5-20(17)25/h3-5,10-11,15,26-27H,2,6-9,12-14H2,1H3. The predicted molar refractivity (Wildman–Crippen MR) is 116 cm³/mol. The Labute approximate surface area is 181 Å². The zero-order chi connectivity index (χ0) is 20.6. The second-order valence-corrected chi connectivity index (χ2v) is 7.95. The maximum Gasteiger partial charge on any atom is 0.163 e. The highest BCUT2D eigenvalue weighted by Crippen LogP contribution is 2.35. The highest BCUT2D eigenvalue weighted by molar-refractivity contribution is 6.31. The van der Waals surface area contributed by atoms with Crippen molar-refractivity contribution < 1.29 is 13.9 Å². The Morgan fingerprint density at radius 2 is 1.86 bits per heavy atom. The fraction of sp³-hybridized carbons (Fsp3) is 0.455. The van der Waals surface area contributed by atoms with Crippen molar-refractivity contribution >= 4 is 23.2 Å². The first kappa shape index (κ1) is 22.2. The van der Waals surface area contributed by atoms with Gasteiger partial charge in [-0.2, -0.15) is 0 Å². The van der Waals surface area contributed by atoms with Gasteiger partial charge in [-0.25, -0.2) is 4.39 Å². The largest absolute Gasteiger partial charge is 0.490 e. The van der Waals surface area contributed by atoms with Gasteiger partial charge in [0, 0.05) is 23.2 Å². The van der Waals surface area contributed by atoms with Gasteiger partial charge in [0.1, 0.15) is 12.4 Å². The highest BCUT2D eigenvalue weighted by atomic mass is 35.5. The number of ether oxygens (including phenoxy) is 2. The van der Waals surface area contributed by atoms with Crippen LogP contribution in [0, 0.1) is 11.7 Å². The monoisotopic (exact) mass is 440 g/mol. The van der Waals surface area contributed by atoms with Crippen LogP contribution in [0.15, 0.2) is 30.3 Å². The van der Waals surface area contributed by atoms with Crippen LogP contribution in [-0.2, 0) is 13.2 Å². The minimum absolute atomic E-state index is 0.00474. The van der Waals surface area contributed by atoms with E-state index in [1.807, 2.05) is 13.0 Å². The van der Waals surface area contributed by atoms with E-state index in [9.17, 15) is 4.39 Å². The van der Waals surface area contributed by atoms with Crippen LogP contribution in [-0.4, -0.2) is 26.2 Å². The van der Waals surface area contributed by atoms with Crippen LogP contribution in [0.3, 0.4) is 0 Å². The van der Waals surface area contributed by atoms with E-state index in [1.54, 1.807) is 18.2 Å². The van der Waals surface area contributed by atoms with E-state index in [0.717, 1.165) is 25.2 Å². The van der Waals surface area contributed by atoms with Gasteiger partial charge in [0.25, 0.3) is 0 Å². The zero-order valence-corrected chi connectivity index (χ0v) is 18.1. The topological polar surface area (TPSA) is 42.5 Å². The minimum Gasteiger partial charge on any atom is -0.490 e. The molecule has 2 N–H and O–H groups in total. The van der Waals surface area contributed by atoms with E-state index >= 15 is 0 Å². The van der Waals surface area contributed by atoms with Crippen molar-refractivity contribution in [3.63, 3.8) is 0 Å². The van der Waals surface area contributed by atoms with Crippen LogP contribution < -0.4 is 20.1 Å². The van der Waals surface area contributed by atoms with Crippen molar-refractivity contribution in [2.75, 3.05) is 26.2 Å². The summed E-state index contributed by atoms with van der Waals surface area (Å²) in [4.78, 5) is 0. The Morgan fingerprint density at radius 1 is 1.10 bits per heavy atom. The third kappa shape index (κ3) is 6.22. The summed E-state index contributed by atoms with van der Waals surface area (Å²) in [5.41, 5.74) is 1.25. The molecule has 0 aliphatic carbocycles. The van der Waals surface area contributed by atoms with Crippen molar-refractivity contribution in [2.24, 2.45) is 5.92 Å². The van der Waals surface area contributed by atoms with Crippen LogP contribution >= 0.6 is 23.2 Å². The molecule has 7 heteroatoms. The van der Waals surface area contributed by atoms with Crippen LogP contribution in [0.5, 0.6) is 11.5 Å². The Hall–Kier alpha value is -1.53. The number of benzene rings is 2. The SMILES string of the molecule is CCOc1cc(CNCC2CCNCC2)c(Cl)cc1OCc1c(F)cccc1Cl. The average molecular weight is 441 g/mol. The summed E-state index contributed by atoms with van der Waals surface area (Å²) >= 11 is 12.6. The first-order valence-electron chi connectivity index (χ1n) is 10.0. The third-order valence-corrected chi connectivity index (χ3v) is 5.76. The number of halogens is 3. The molecule has 0 bridgehead atoms. The molecule has 0 aromatic heterocycles. The summed E-state index contributed by atoms with van der Waals surface area (Å²) in [6, 6.07) is 8.17. The van der Waals surface area contributed by atoms with Crippen LogP contribution in [0.25, 0.3) is 0 Å². The zero-order valence-electron chi connectivity index (χ0n) is 16.6. The van der Waals surface area contributed by atoms with Crippen LogP contribution in [0.2, 0.25) is 10.0 Å². The lowest BCUT2D eigenvalue weighted by molar-refractivity contribution is 0.265. The molecule has 1 aliphatic heterocycles. The molecule has 3 rings (SSSR count). The summed E-state index contributed by atoms with van der Waals surface area (Å²) in [7, 11) is 0. The smallest absolute Gasteiger partial charge is 0.163 e. The lowest BCUT2D eigenvalue weighted by Crippen LogP contribution is -2.33. The molecule has 29 heavy (non-hydrogen) atoms. The summed E-state index contributed by atoms with van der Waals surface area (Å²) in [5.74, 6) is 1.34. The molecular formula is C22H27Cl2FN2O2. The van der Waals surface area contributed by atoms with E-state index in [4.69, 9.17) is 32.7 Å². The lowest BCUT2D eigenvalue weighted by atomic mass is 9.98. The maximum atomic E-state index is 14.0. The summed E-state index contributed by atoms with van der Waals surface area (Å²) in [6.07, 6.45) is 2.38. The van der Waals surface area contributed by atoms with Gasteiger partial charge < -0.3 is 20.1 Å². The molecule has 2 aromatic carbocycles. The molecular weight excluding hydrogens is 414 g/mol. The molecule has 1 fully saturated rings. The molecule has 1 aliphatic rings. The van der Waals surface area contributed by atoms with Gasteiger partial charge in [-0.1, -0.05) is 29.3 Å². The molecule has 0 saturated carbocycles. The number of piperidine rings is 1. The van der Waals surface area contributed by atoms with E-state index in [2.05, 4.69) is 10.6 Å². The number of rotatable bonds is 9. The van der Waals surface area contributed by atoms with E-state index < -0.39 is 5.82 Å². The molecule has 158 valence electrons. The fourth-order valence-electron chi connectivity index (χ4n) is 3.41. The van der Waals surface area contributed by atoms with Crippen molar-refractivity contribution in [3.05, 3.63) is 57.3 Å². The van der Waals surface area contributed by atoms with Gasteiger partial charge in [-0.3, -0.25) is 0 Å². The van der Waals surface area contributed by atoms with Crippen molar-refractivity contribution in [1.29, 1.82) is 0 Å². The first-order chi connectivity index (χ1) is 14.1. The van der Waals surface area contributed by atoms with Gasteiger partial charge in [-0.15, -0.1) is 0 Å². The summed E-state index contributed by atoms with van der Waals surface area (Å²) < 4.78 is 25.5. The Balaban J connectivity index is 1.66. The van der Waals surface area contributed by atoms with Crippen molar-refractivity contribution in [1.82, 2.24) is 10.6 Å². The second kappa shape index (κ2) is 11.0. The molecule has 4 nitrogen and oxygen atoms in total. The van der Waals surface area contributed by atoms with Gasteiger partial charge >= 0.3 is 0 Å². The molecule has 0 amide bonds. The Bertz CT molecular complexity index is 793. The van der Waals surface area contributed by atoms with Crippen LogP contribution in [0.1, 0.15) is 30.9 Å². The minimum atomic E-state index is -0.403. The number of hydrogen-bond acceptors (Lipinski definition) is 4. The highest BCUT2D eigenvalue weighted by Gasteiger charge is 2.15. The Kier molecular flexibility index (Phi) is 8.42. The first-order valence-corrected chi connectivity index (χ1v) is 10.8. The predicted octanol–water partition coefficient (Wildman–Crippen LogP) is 5.20. The fourth-order valence-corrected chi connectivity index (χ4v) is 3.85. The van der Waals surface area contributed by atoms with Crippen LogP contribution in [0.4, 0.5) is 4.39 Å². The van der Waals surface area contributed by atoms with Crippen molar-refractivity contribution in [3.8, 4) is 11.5 Å². The third-order valence-electron chi connectivity index (χ3n) is 5.05. The lowest BCUT2D eigenvalue weighted by Gasteiger charge is -2.23. The van der Waals surface area contributed by atoms with Gasteiger partial charge in [-0.05, 0) is 69.1 Å². The molecule has 2 aromatic rings. The van der Waals surface area contributed by atoms with Gasteiger partial charge in [0.05, 0.1) is 11.6 Å². The molecule has 0 spiro atoms. The number of hydrogen-bond donors (Lipinski definition) is 2. The Morgan fingerprint density at radius 3 is 2.59 bits per heavy atom. The van der Waals surface area contributed by atoms with E-state index in [0.29, 0.717) is 46.2 Å². The van der Waals surface area contributed by atoms with Gasteiger partial charge in [0.15, 0.2) is 11.5 Å². The molecule has 1 saturated heterocycles. The summed E-state index contributed by atoms with van der Waals surface area (Å²) in [5, 5.41) is 7.79. The molecule has 0 atom stereocenters. The summed E-state index contributed by atoms with van der Waals surface area (Å²) in [6.45, 7) is 6.17. The quantitative estimate of drug-likeness (QED) is 0.562. The number of nitrogens with one attached hydrogen (secondary N) is 2. The second-order valence-electron chi connectivity index (χ2n) is 7.14. The van der Waals surface area contributed by atoms with Crippen molar-refractivity contribution in [2.45, 2.75) is 32.9 Å². The molecule has 1 heterocycles. The average Bonchev–Trinajstić information content (AvgIpc) is 2.71. The van der Waals surface area contributed by atoms with E-state index in [1.165, 1.54) is 18.9 Å². The molecule has 0 radical (unpaired) electrons. The van der Waals surface area contributed by atoms with Gasteiger partial charge in [0.2, 0.25) is 0 Å². The normalized spacial score (nSPS) is 14.8. The van der Waals surface area contributed by atoms with E-state index in [-0.39, 0.29) is 6.61 Å².